The highest BCUT2D eigenvalue weighted by molar-refractivity contribution is 7.99. The van der Waals surface area contributed by atoms with E-state index in [9.17, 15) is 18.0 Å². The minimum Gasteiger partial charge on any atom is -0.379 e. The van der Waals surface area contributed by atoms with Crippen LogP contribution >= 0.6 is 23.4 Å². The van der Waals surface area contributed by atoms with Crippen LogP contribution in [0.15, 0.2) is 52.3 Å². The zero-order valence-electron chi connectivity index (χ0n) is 18.0. The highest BCUT2D eigenvalue weighted by Gasteiger charge is 2.32. The lowest BCUT2D eigenvalue weighted by molar-refractivity contribution is -0.123. The van der Waals surface area contributed by atoms with E-state index in [2.05, 4.69) is 5.32 Å². The molecule has 0 aliphatic carbocycles. The molecule has 1 unspecified atom stereocenters. The van der Waals surface area contributed by atoms with Gasteiger partial charge in [0.05, 0.1) is 23.8 Å². The van der Waals surface area contributed by atoms with E-state index in [-0.39, 0.29) is 36.4 Å². The lowest BCUT2D eigenvalue weighted by atomic mass is 10.1. The number of hydrogen-bond donors (Lipinski definition) is 1. The molecule has 2 aliphatic rings. The summed E-state index contributed by atoms with van der Waals surface area (Å²) in [6.45, 7) is 2.78. The average molecular weight is 510 g/mol. The van der Waals surface area contributed by atoms with Gasteiger partial charge in [0.2, 0.25) is 21.8 Å². The number of hydrogen-bond acceptors (Lipinski definition) is 6. The molecule has 2 amide bonds. The van der Waals surface area contributed by atoms with Crippen LogP contribution in [0.3, 0.4) is 0 Å². The molecule has 2 aromatic carbocycles. The minimum absolute atomic E-state index is 0.0892. The van der Waals surface area contributed by atoms with Crippen LogP contribution < -0.4 is 10.2 Å². The van der Waals surface area contributed by atoms with Crippen LogP contribution in [0.25, 0.3) is 0 Å². The van der Waals surface area contributed by atoms with Gasteiger partial charge in [0.1, 0.15) is 6.54 Å². The predicted molar refractivity (Wildman–Crippen MR) is 128 cm³/mol. The molecule has 2 aromatic rings. The number of sulfonamides is 1. The summed E-state index contributed by atoms with van der Waals surface area (Å²) in [5, 5.41) is 3.23. The van der Waals surface area contributed by atoms with Crippen molar-refractivity contribution in [3.05, 3.63) is 47.5 Å². The summed E-state index contributed by atoms with van der Waals surface area (Å²) in [7, 11) is -3.75. The maximum Gasteiger partial charge on any atom is 0.244 e. The Bertz CT molecular complexity index is 1170. The van der Waals surface area contributed by atoms with Crippen molar-refractivity contribution < 1.29 is 22.7 Å². The fourth-order valence-corrected chi connectivity index (χ4v) is 6.34. The number of anilines is 2. The molecule has 176 valence electrons. The van der Waals surface area contributed by atoms with Crippen molar-refractivity contribution in [3.63, 3.8) is 0 Å². The smallest absolute Gasteiger partial charge is 0.244 e. The third-order valence-electron chi connectivity index (χ3n) is 5.42. The number of amides is 2. The summed E-state index contributed by atoms with van der Waals surface area (Å²) >= 11 is 7.46. The number of rotatable bonds is 5. The second kappa shape index (κ2) is 10.0. The third-order valence-corrected chi connectivity index (χ3v) is 8.87. The number of carbonyl (C=O) groups excluding carboxylic acids is 2. The predicted octanol–water partition coefficient (Wildman–Crippen LogP) is 3.07. The Balaban J connectivity index is 1.65. The number of nitrogens with one attached hydrogen (secondary N) is 1. The molecular weight excluding hydrogens is 486 g/mol. The number of halogens is 1. The summed E-state index contributed by atoms with van der Waals surface area (Å²) in [6.07, 6.45) is 0. The van der Waals surface area contributed by atoms with Gasteiger partial charge < -0.3 is 15.0 Å². The van der Waals surface area contributed by atoms with E-state index < -0.39 is 15.9 Å². The Kier molecular flexibility index (Phi) is 7.30. The van der Waals surface area contributed by atoms with Gasteiger partial charge >= 0.3 is 0 Å². The number of nitrogens with zero attached hydrogens (tertiary/aromatic N) is 2. The number of thioether (sulfide) groups is 1. The molecule has 0 spiro atoms. The van der Waals surface area contributed by atoms with Gasteiger partial charge in [-0.15, -0.1) is 11.8 Å². The first-order valence-corrected chi connectivity index (χ1v) is 13.3. The van der Waals surface area contributed by atoms with Gasteiger partial charge in [-0.05, 0) is 36.4 Å². The molecule has 0 saturated carbocycles. The monoisotopic (exact) mass is 509 g/mol. The van der Waals surface area contributed by atoms with E-state index in [0.29, 0.717) is 35.4 Å². The molecular formula is C22H24ClN3O5S2. The molecule has 33 heavy (non-hydrogen) atoms. The topological polar surface area (TPSA) is 96.0 Å². The van der Waals surface area contributed by atoms with Crippen molar-refractivity contribution in [1.82, 2.24) is 4.31 Å². The van der Waals surface area contributed by atoms with Crippen molar-refractivity contribution >= 4 is 56.6 Å². The number of carbonyl (C=O) groups is 2. The van der Waals surface area contributed by atoms with Crippen LogP contribution in [-0.4, -0.2) is 63.1 Å². The lowest BCUT2D eigenvalue weighted by Gasteiger charge is -2.27. The van der Waals surface area contributed by atoms with Crippen LogP contribution in [0.5, 0.6) is 0 Å². The summed E-state index contributed by atoms with van der Waals surface area (Å²) < 4.78 is 33.0. The Morgan fingerprint density at radius 1 is 1.21 bits per heavy atom. The zero-order chi connectivity index (χ0) is 23.6. The van der Waals surface area contributed by atoms with Crippen LogP contribution in [-0.2, 0) is 24.3 Å². The summed E-state index contributed by atoms with van der Waals surface area (Å²) in [5.41, 5.74) is 0.936. The van der Waals surface area contributed by atoms with Crippen molar-refractivity contribution in [2.75, 3.05) is 48.8 Å². The Morgan fingerprint density at radius 2 is 1.97 bits per heavy atom. The Hall–Kier alpha value is -2.11. The van der Waals surface area contributed by atoms with Gasteiger partial charge in [-0.1, -0.05) is 24.6 Å². The summed E-state index contributed by atoms with van der Waals surface area (Å²) in [5.74, 6) is -0.436. The van der Waals surface area contributed by atoms with Crippen molar-refractivity contribution in [1.29, 1.82) is 0 Å². The average Bonchev–Trinajstić information content (AvgIpc) is 2.91. The summed E-state index contributed by atoms with van der Waals surface area (Å²) in [6, 6.07) is 11.5. The SMILES string of the molecule is CC1CSc2ccc(S(=O)(=O)N3CCOCC3)cc2N(CC(=O)Nc2cccc(Cl)c2)C1=O. The van der Waals surface area contributed by atoms with E-state index in [1.165, 1.54) is 27.0 Å². The fraction of sp³-hybridized carbons (Fsp3) is 0.364. The molecule has 0 aromatic heterocycles. The van der Waals surface area contributed by atoms with Crippen LogP contribution in [0.4, 0.5) is 11.4 Å². The lowest BCUT2D eigenvalue weighted by Crippen LogP contribution is -2.42. The molecule has 0 bridgehead atoms. The van der Waals surface area contributed by atoms with Crippen LogP contribution in [0.2, 0.25) is 5.02 Å². The van der Waals surface area contributed by atoms with Gasteiger partial charge in [-0.25, -0.2) is 8.42 Å². The highest BCUT2D eigenvalue weighted by Crippen LogP contribution is 2.38. The first-order chi connectivity index (χ1) is 15.8. The van der Waals surface area contributed by atoms with E-state index in [1.54, 1.807) is 43.3 Å². The van der Waals surface area contributed by atoms with Gasteiger partial charge in [0, 0.05) is 40.4 Å². The molecule has 0 radical (unpaired) electrons. The molecule has 1 atom stereocenters. The van der Waals surface area contributed by atoms with Crippen LogP contribution in [0, 0.1) is 5.92 Å². The zero-order valence-corrected chi connectivity index (χ0v) is 20.4. The van der Waals surface area contributed by atoms with Crippen molar-refractivity contribution in [2.45, 2.75) is 16.7 Å². The standard InChI is InChI=1S/C22H24ClN3O5S2/c1-15-14-32-20-6-5-18(33(29,30)25-7-9-31-10-8-25)12-19(20)26(22(15)28)13-21(27)24-17-4-2-3-16(23)11-17/h2-6,11-12,15H,7-10,13-14H2,1H3,(H,24,27). The van der Waals surface area contributed by atoms with Gasteiger partial charge in [0.15, 0.2) is 0 Å². The molecule has 1 fully saturated rings. The quantitative estimate of drug-likeness (QED) is 0.665. The van der Waals surface area contributed by atoms with Gasteiger partial charge in [0.25, 0.3) is 0 Å². The molecule has 11 heteroatoms. The molecule has 4 rings (SSSR count). The van der Waals surface area contributed by atoms with E-state index >= 15 is 0 Å². The maximum atomic E-state index is 13.2. The normalized spacial score (nSPS) is 19.6. The van der Waals surface area contributed by atoms with E-state index in [4.69, 9.17) is 16.3 Å². The number of fused-ring (bicyclic) bond motifs is 1. The number of morpholine rings is 1. The third kappa shape index (κ3) is 5.36. The van der Waals surface area contributed by atoms with Gasteiger partial charge in [-0.2, -0.15) is 4.31 Å². The molecule has 1 saturated heterocycles. The number of benzene rings is 2. The first kappa shape index (κ1) is 24.0. The molecule has 1 N–H and O–H groups in total. The number of ether oxygens (including phenoxy) is 1. The van der Waals surface area contributed by atoms with Crippen LogP contribution in [0.1, 0.15) is 6.92 Å². The van der Waals surface area contributed by atoms with Crippen molar-refractivity contribution in [3.8, 4) is 0 Å². The Labute approximate surface area is 202 Å². The first-order valence-electron chi connectivity index (χ1n) is 10.5. The highest BCUT2D eigenvalue weighted by atomic mass is 35.5. The molecule has 2 aliphatic heterocycles. The van der Waals surface area contributed by atoms with Crippen molar-refractivity contribution in [2.24, 2.45) is 5.92 Å². The summed E-state index contributed by atoms with van der Waals surface area (Å²) in [4.78, 5) is 28.2. The Morgan fingerprint density at radius 3 is 2.70 bits per heavy atom. The van der Waals surface area contributed by atoms with E-state index in [0.717, 1.165) is 4.90 Å². The minimum atomic E-state index is -3.75. The second-order valence-electron chi connectivity index (χ2n) is 7.84. The molecule has 8 nitrogen and oxygen atoms in total. The maximum absolute atomic E-state index is 13.2. The fourth-order valence-electron chi connectivity index (χ4n) is 3.67. The van der Waals surface area contributed by atoms with Gasteiger partial charge in [-0.3, -0.25) is 9.59 Å². The largest absolute Gasteiger partial charge is 0.379 e. The molecule has 2 heterocycles. The second-order valence-corrected chi connectivity index (χ2v) is 11.3. The van der Waals surface area contributed by atoms with E-state index in [1.807, 2.05) is 0 Å².